The Hall–Kier alpha value is -1.04. The lowest BCUT2D eigenvalue weighted by Gasteiger charge is -2.11. The Morgan fingerprint density at radius 1 is 1.43 bits per heavy atom. The summed E-state index contributed by atoms with van der Waals surface area (Å²) in [5.41, 5.74) is 0.177. The molecule has 0 aliphatic carbocycles. The van der Waals surface area contributed by atoms with Gasteiger partial charge in [-0.2, -0.15) is 13.2 Å². The molecule has 0 unspecified atom stereocenters. The molecule has 0 aliphatic rings. The third kappa shape index (κ3) is 3.99. The first-order chi connectivity index (χ1) is 9.67. The summed E-state index contributed by atoms with van der Waals surface area (Å²) in [5.74, 6) is -2.26. The lowest BCUT2D eigenvalue weighted by molar-refractivity contribution is -0.141. The van der Waals surface area contributed by atoms with Crippen molar-refractivity contribution in [2.75, 3.05) is 5.75 Å². The number of benzene rings is 1. The van der Waals surface area contributed by atoms with E-state index in [-0.39, 0.29) is 19.8 Å². The zero-order valence-electron chi connectivity index (χ0n) is 10.1. The molecule has 1 heterocycles. The van der Waals surface area contributed by atoms with Crippen molar-refractivity contribution in [3.63, 3.8) is 0 Å². The summed E-state index contributed by atoms with van der Waals surface area (Å²) in [4.78, 5) is 14.5. The van der Waals surface area contributed by atoms with Gasteiger partial charge in [0.1, 0.15) is 12.4 Å². The number of halogens is 5. The van der Waals surface area contributed by atoms with Crippen molar-refractivity contribution in [3.05, 3.63) is 21.5 Å². The Bertz CT molecular complexity index is 702. The van der Waals surface area contributed by atoms with Gasteiger partial charge in [0.05, 0.1) is 20.4 Å². The Morgan fingerprint density at radius 2 is 2.10 bits per heavy atom. The fourth-order valence-electron chi connectivity index (χ4n) is 1.67. The summed E-state index contributed by atoms with van der Waals surface area (Å²) in [5, 5.41) is 8.51. The second-order valence-corrected chi connectivity index (χ2v) is 6.14. The van der Waals surface area contributed by atoms with Crippen molar-refractivity contribution in [2.45, 2.75) is 17.9 Å². The lowest BCUT2D eigenvalue weighted by atomic mass is 10.3. The monoisotopic (exact) mass is 434 g/mol. The van der Waals surface area contributed by atoms with Crippen molar-refractivity contribution in [3.8, 4) is 0 Å². The van der Waals surface area contributed by atoms with E-state index >= 15 is 0 Å². The van der Waals surface area contributed by atoms with Gasteiger partial charge in [0.2, 0.25) is 0 Å². The number of rotatable bonds is 4. The maximum Gasteiger partial charge on any atom is 0.406 e. The number of aliphatic carboxylic acids is 1. The molecule has 0 radical (unpaired) electrons. The minimum Gasteiger partial charge on any atom is -0.481 e. The number of imidazole rings is 1. The number of nitrogens with zero attached hydrogens (tertiary/aromatic N) is 2. The van der Waals surface area contributed by atoms with E-state index in [1.165, 1.54) is 6.07 Å². The van der Waals surface area contributed by atoms with Crippen molar-refractivity contribution < 1.29 is 27.5 Å². The van der Waals surface area contributed by atoms with Gasteiger partial charge < -0.3 is 9.67 Å². The van der Waals surface area contributed by atoms with Crippen molar-refractivity contribution in [1.82, 2.24) is 9.55 Å². The fourth-order valence-corrected chi connectivity index (χ4v) is 2.85. The summed E-state index contributed by atoms with van der Waals surface area (Å²) in [7, 11) is 0. The third-order valence-corrected chi connectivity index (χ3v) is 4.21. The van der Waals surface area contributed by atoms with E-state index in [0.717, 1.165) is 10.6 Å². The highest BCUT2D eigenvalue weighted by atomic mass is 127. The quantitative estimate of drug-likeness (QED) is 0.455. The van der Waals surface area contributed by atoms with E-state index in [4.69, 9.17) is 5.11 Å². The van der Waals surface area contributed by atoms with Crippen LogP contribution in [-0.2, 0) is 11.3 Å². The van der Waals surface area contributed by atoms with E-state index in [1.807, 2.05) is 0 Å². The van der Waals surface area contributed by atoms with Crippen LogP contribution in [0.5, 0.6) is 0 Å². The topological polar surface area (TPSA) is 55.1 Å². The lowest BCUT2D eigenvalue weighted by Crippen LogP contribution is -2.18. The highest BCUT2D eigenvalue weighted by molar-refractivity contribution is 14.1. The Morgan fingerprint density at radius 3 is 2.67 bits per heavy atom. The van der Waals surface area contributed by atoms with Gasteiger partial charge in [0.15, 0.2) is 5.16 Å². The minimum absolute atomic E-state index is 0.0156. The molecule has 0 atom stereocenters. The summed E-state index contributed by atoms with van der Waals surface area (Å²) >= 11 is 2.37. The molecule has 0 saturated carbocycles. The summed E-state index contributed by atoms with van der Waals surface area (Å²) in [6, 6.07) is 2.30. The molecule has 1 N–H and O–H groups in total. The number of carboxylic acids is 1. The molecule has 0 saturated heterocycles. The largest absolute Gasteiger partial charge is 0.481 e. The van der Waals surface area contributed by atoms with E-state index < -0.39 is 30.3 Å². The molecule has 21 heavy (non-hydrogen) atoms. The van der Waals surface area contributed by atoms with E-state index in [9.17, 15) is 22.4 Å². The summed E-state index contributed by atoms with van der Waals surface area (Å²) < 4.78 is 52.5. The van der Waals surface area contributed by atoms with Crippen LogP contribution < -0.4 is 0 Å². The van der Waals surface area contributed by atoms with E-state index in [1.54, 1.807) is 22.6 Å². The molecule has 0 bridgehead atoms. The molecule has 2 aromatic rings. The maximum atomic E-state index is 13.6. The zero-order chi connectivity index (χ0) is 15.8. The molecule has 114 valence electrons. The van der Waals surface area contributed by atoms with Crippen LogP contribution in [0.15, 0.2) is 17.3 Å². The van der Waals surface area contributed by atoms with Gasteiger partial charge in [0.25, 0.3) is 0 Å². The number of thioether (sulfide) groups is 1. The van der Waals surface area contributed by atoms with Crippen LogP contribution in [0.3, 0.4) is 0 Å². The molecule has 1 aromatic heterocycles. The van der Waals surface area contributed by atoms with Gasteiger partial charge in [-0.3, -0.25) is 4.79 Å². The van der Waals surface area contributed by atoms with Gasteiger partial charge >= 0.3 is 12.1 Å². The predicted octanol–water partition coefficient (Wildman–Crippen LogP) is 3.52. The molecule has 4 nitrogen and oxygen atoms in total. The van der Waals surface area contributed by atoms with Crippen LogP contribution in [0.2, 0.25) is 0 Å². The molecule has 0 aliphatic heterocycles. The Labute approximate surface area is 133 Å². The van der Waals surface area contributed by atoms with Crippen molar-refractivity contribution >= 4 is 51.4 Å². The molecule has 0 fully saturated rings. The van der Waals surface area contributed by atoms with Crippen molar-refractivity contribution in [1.29, 1.82) is 0 Å². The van der Waals surface area contributed by atoms with Gasteiger partial charge in [-0.25, -0.2) is 9.37 Å². The minimum atomic E-state index is -4.52. The van der Waals surface area contributed by atoms with Crippen LogP contribution in [0, 0.1) is 9.39 Å². The normalized spacial score (nSPS) is 12.0. The first-order valence-corrected chi connectivity index (χ1v) is 7.50. The van der Waals surface area contributed by atoms with Gasteiger partial charge in [-0.1, -0.05) is 11.8 Å². The first-order valence-electron chi connectivity index (χ1n) is 5.44. The Balaban J connectivity index is 2.54. The number of hydrogen-bond donors (Lipinski definition) is 1. The molecule has 0 amide bonds. The van der Waals surface area contributed by atoms with Crippen LogP contribution in [-0.4, -0.2) is 32.6 Å². The summed E-state index contributed by atoms with van der Waals surface area (Å²) in [6.07, 6.45) is -4.52. The number of hydrogen-bond acceptors (Lipinski definition) is 3. The van der Waals surface area contributed by atoms with Crippen molar-refractivity contribution in [2.24, 2.45) is 0 Å². The average Bonchev–Trinajstić information content (AvgIpc) is 2.63. The molecular formula is C11H7F4IN2O2S. The number of fused-ring (bicyclic) bond motifs is 1. The smallest absolute Gasteiger partial charge is 0.406 e. The standard InChI is InChI=1S/C11H7F4IN2O2S/c12-5-1-8-7(2-6(5)16)17-10(21-3-9(19)20)18(8)4-11(13,14)15/h1-2H,3-4H2,(H,19,20). The molecular weight excluding hydrogens is 427 g/mol. The zero-order valence-corrected chi connectivity index (χ0v) is 13.1. The molecule has 10 heteroatoms. The van der Waals surface area contributed by atoms with Gasteiger partial charge in [-0.05, 0) is 28.7 Å². The number of carboxylic acid groups (broad SMARTS) is 1. The molecule has 0 spiro atoms. The highest BCUT2D eigenvalue weighted by Crippen LogP contribution is 2.30. The number of alkyl halides is 3. The van der Waals surface area contributed by atoms with Crippen LogP contribution in [0.4, 0.5) is 17.6 Å². The van der Waals surface area contributed by atoms with Crippen LogP contribution in [0.25, 0.3) is 11.0 Å². The predicted molar refractivity (Wildman–Crippen MR) is 76.8 cm³/mol. The highest BCUT2D eigenvalue weighted by Gasteiger charge is 2.30. The van der Waals surface area contributed by atoms with Gasteiger partial charge in [-0.15, -0.1) is 0 Å². The van der Waals surface area contributed by atoms with E-state index in [2.05, 4.69) is 4.98 Å². The Kier molecular flexibility index (Phi) is 4.66. The second kappa shape index (κ2) is 5.99. The van der Waals surface area contributed by atoms with Crippen LogP contribution in [0.1, 0.15) is 0 Å². The molecule has 2 rings (SSSR count). The SMILES string of the molecule is O=C(O)CSc1nc2cc(I)c(F)cc2n1CC(F)(F)F. The van der Waals surface area contributed by atoms with Gasteiger partial charge in [0, 0.05) is 6.07 Å². The first kappa shape index (κ1) is 16.3. The second-order valence-electron chi connectivity index (χ2n) is 4.03. The summed E-state index contributed by atoms with van der Waals surface area (Å²) in [6.45, 7) is -1.36. The maximum absolute atomic E-state index is 13.6. The van der Waals surface area contributed by atoms with Crippen LogP contribution >= 0.6 is 34.4 Å². The van der Waals surface area contributed by atoms with E-state index in [0.29, 0.717) is 11.8 Å². The number of carbonyl (C=O) groups is 1. The third-order valence-electron chi connectivity index (χ3n) is 2.42. The fraction of sp³-hybridized carbons (Fsp3) is 0.273. The number of aromatic nitrogens is 2. The molecule has 1 aromatic carbocycles. The average molecular weight is 434 g/mol.